The molecule has 0 aliphatic heterocycles. The van der Waals surface area contributed by atoms with Crippen LogP contribution in [0.25, 0.3) is 11.5 Å². The molecule has 19 heavy (non-hydrogen) atoms. The highest BCUT2D eigenvalue weighted by Gasteiger charge is 2.17. The second-order valence-corrected chi connectivity index (χ2v) is 5.06. The van der Waals surface area contributed by atoms with Gasteiger partial charge in [0.25, 0.3) is 5.22 Å². The average Bonchev–Trinajstić information content (AvgIpc) is 2.88. The Hall–Kier alpha value is -1.89. The number of nitrogens with zero attached hydrogens (tertiary/aromatic N) is 3. The van der Waals surface area contributed by atoms with Gasteiger partial charge in [0.1, 0.15) is 0 Å². The standard InChI is InChI=1S/C12H14N4O2S/c1-3-14-10(17)8(2)19-12-16-15-11(18-12)9-5-4-6-13-7-9/h4-8H,3H2,1-2H3,(H,14,17)/t8-/m0/s1. The summed E-state index contributed by atoms with van der Waals surface area (Å²) >= 11 is 1.23. The van der Waals surface area contributed by atoms with Crippen molar-refractivity contribution >= 4 is 17.7 Å². The second kappa shape index (κ2) is 6.33. The third-order valence-electron chi connectivity index (χ3n) is 2.31. The van der Waals surface area contributed by atoms with E-state index in [9.17, 15) is 4.79 Å². The zero-order chi connectivity index (χ0) is 13.7. The Kier molecular flexibility index (Phi) is 4.51. The van der Waals surface area contributed by atoms with Gasteiger partial charge < -0.3 is 9.73 Å². The van der Waals surface area contributed by atoms with E-state index in [0.717, 1.165) is 5.56 Å². The van der Waals surface area contributed by atoms with Gasteiger partial charge in [-0.1, -0.05) is 11.8 Å². The molecule has 0 aromatic carbocycles. The molecule has 0 saturated heterocycles. The van der Waals surface area contributed by atoms with E-state index >= 15 is 0 Å². The van der Waals surface area contributed by atoms with Crippen LogP contribution in [0.2, 0.25) is 0 Å². The van der Waals surface area contributed by atoms with Crippen LogP contribution in [-0.4, -0.2) is 32.9 Å². The minimum atomic E-state index is -0.276. The first kappa shape index (κ1) is 13.5. The van der Waals surface area contributed by atoms with Crippen molar-refractivity contribution in [2.24, 2.45) is 0 Å². The Bertz CT molecular complexity index is 544. The smallest absolute Gasteiger partial charge is 0.277 e. The number of hydrogen-bond donors (Lipinski definition) is 1. The number of carbonyl (C=O) groups excluding carboxylic acids is 1. The molecule has 2 aromatic heterocycles. The largest absolute Gasteiger partial charge is 0.411 e. The van der Waals surface area contributed by atoms with Crippen LogP contribution in [0, 0.1) is 0 Å². The van der Waals surface area contributed by atoms with Gasteiger partial charge in [0, 0.05) is 18.9 Å². The highest BCUT2D eigenvalue weighted by atomic mass is 32.2. The molecule has 1 atom stereocenters. The molecule has 1 amide bonds. The van der Waals surface area contributed by atoms with Crippen molar-refractivity contribution in [3.8, 4) is 11.5 Å². The molecule has 6 nitrogen and oxygen atoms in total. The molecular formula is C12H14N4O2S. The van der Waals surface area contributed by atoms with Crippen molar-refractivity contribution in [2.75, 3.05) is 6.54 Å². The van der Waals surface area contributed by atoms with Crippen LogP contribution in [0.4, 0.5) is 0 Å². The second-order valence-electron chi connectivity index (χ2n) is 3.77. The van der Waals surface area contributed by atoms with Gasteiger partial charge >= 0.3 is 0 Å². The minimum absolute atomic E-state index is 0.0476. The normalized spacial score (nSPS) is 12.1. The quantitative estimate of drug-likeness (QED) is 0.839. The topological polar surface area (TPSA) is 80.9 Å². The summed E-state index contributed by atoms with van der Waals surface area (Å²) in [6, 6.07) is 3.63. The van der Waals surface area contributed by atoms with Crippen LogP contribution in [0.5, 0.6) is 0 Å². The number of aromatic nitrogens is 3. The van der Waals surface area contributed by atoms with E-state index in [1.54, 1.807) is 25.4 Å². The maximum Gasteiger partial charge on any atom is 0.277 e. The van der Waals surface area contributed by atoms with Crippen molar-refractivity contribution in [1.29, 1.82) is 0 Å². The highest BCUT2D eigenvalue weighted by molar-refractivity contribution is 8.00. The molecule has 0 unspecified atom stereocenters. The van der Waals surface area contributed by atoms with Crippen LogP contribution < -0.4 is 5.32 Å². The Morgan fingerprint density at radius 3 is 3.05 bits per heavy atom. The van der Waals surface area contributed by atoms with Gasteiger partial charge in [-0.3, -0.25) is 9.78 Å². The van der Waals surface area contributed by atoms with Gasteiger partial charge in [0.2, 0.25) is 11.8 Å². The average molecular weight is 278 g/mol. The van der Waals surface area contributed by atoms with E-state index in [4.69, 9.17) is 4.42 Å². The minimum Gasteiger partial charge on any atom is -0.411 e. The molecule has 7 heteroatoms. The van der Waals surface area contributed by atoms with Gasteiger partial charge in [0.15, 0.2) is 0 Å². The molecule has 0 radical (unpaired) electrons. The van der Waals surface area contributed by atoms with Gasteiger partial charge in [-0.25, -0.2) is 0 Å². The molecule has 0 bridgehead atoms. The predicted molar refractivity (Wildman–Crippen MR) is 71.5 cm³/mol. The first-order chi connectivity index (χ1) is 9.20. The van der Waals surface area contributed by atoms with Gasteiger partial charge in [0.05, 0.1) is 10.8 Å². The summed E-state index contributed by atoms with van der Waals surface area (Å²) in [5, 5.41) is 10.7. The maximum atomic E-state index is 11.6. The van der Waals surface area contributed by atoms with Gasteiger partial charge in [-0.15, -0.1) is 10.2 Å². The lowest BCUT2D eigenvalue weighted by molar-refractivity contribution is -0.120. The Morgan fingerprint density at radius 2 is 2.37 bits per heavy atom. The number of rotatable bonds is 5. The predicted octanol–water partition coefficient (Wildman–Crippen LogP) is 1.75. The Labute approximate surface area is 115 Å². The Morgan fingerprint density at radius 1 is 1.53 bits per heavy atom. The lowest BCUT2D eigenvalue weighted by atomic mass is 10.3. The summed E-state index contributed by atoms with van der Waals surface area (Å²) in [6.45, 7) is 4.28. The molecule has 0 aliphatic carbocycles. The fraction of sp³-hybridized carbons (Fsp3) is 0.333. The van der Waals surface area contributed by atoms with E-state index in [2.05, 4.69) is 20.5 Å². The molecular weight excluding hydrogens is 264 g/mol. The fourth-order valence-electron chi connectivity index (χ4n) is 1.39. The Balaban J connectivity index is 2.04. The molecule has 2 aromatic rings. The zero-order valence-corrected chi connectivity index (χ0v) is 11.5. The van der Waals surface area contributed by atoms with Crippen molar-refractivity contribution in [3.05, 3.63) is 24.5 Å². The summed E-state index contributed by atoms with van der Waals surface area (Å²) in [6.07, 6.45) is 3.32. The summed E-state index contributed by atoms with van der Waals surface area (Å²) in [5.74, 6) is 0.354. The SMILES string of the molecule is CCNC(=O)[C@H](C)Sc1nnc(-c2cccnc2)o1. The van der Waals surface area contributed by atoms with Gasteiger partial charge in [-0.05, 0) is 26.0 Å². The molecule has 0 aliphatic rings. The molecule has 2 rings (SSSR count). The lowest BCUT2D eigenvalue weighted by Gasteiger charge is -2.07. The summed E-state index contributed by atoms with van der Waals surface area (Å²) in [5.41, 5.74) is 0.757. The maximum absolute atomic E-state index is 11.6. The van der Waals surface area contributed by atoms with Crippen LogP contribution in [0.15, 0.2) is 34.2 Å². The van der Waals surface area contributed by atoms with Crippen LogP contribution >= 0.6 is 11.8 Å². The number of amides is 1. The van der Waals surface area contributed by atoms with Gasteiger partial charge in [-0.2, -0.15) is 0 Å². The van der Waals surface area contributed by atoms with E-state index in [1.807, 2.05) is 13.0 Å². The number of thioether (sulfide) groups is 1. The summed E-state index contributed by atoms with van der Waals surface area (Å²) in [4.78, 5) is 15.6. The molecule has 0 fully saturated rings. The molecule has 0 saturated carbocycles. The van der Waals surface area contributed by atoms with Crippen molar-refractivity contribution in [2.45, 2.75) is 24.3 Å². The fourth-order valence-corrected chi connectivity index (χ4v) is 2.09. The van der Waals surface area contributed by atoms with E-state index in [0.29, 0.717) is 17.7 Å². The van der Waals surface area contributed by atoms with Crippen LogP contribution in [0.3, 0.4) is 0 Å². The molecule has 1 N–H and O–H groups in total. The van der Waals surface area contributed by atoms with Crippen LogP contribution in [-0.2, 0) is 4.79 Å². The first-order valence-electron chi connectivity index (χ1n) is 5.89. The van der Waals surface area contributed by atoms with E-state index < -0.39 is 0 Å². The summed E-state index contributed by atoms with van der Waals surface area (Å²) in [7, 11) is 0. The number of carbonyl (C=O) groups is 1. The third-order valence-corrected chi connectivity index (χ3v) is 3.25. The van der Waals surface area contributed by atoms with Crippen molar-refractivity contribution in [3.63, 3.8) is 0 Å². The highest BCUT2D eigenvalue weighted by Crippen LogP contribution is 2.25. The summed E-state index contributed by atoms with van der Waals surface area (Å²) < 4.78 is 5.49. The lowest BCUT2D eigenvalue weighted by Crippen LogP contribution is -2.30. The van der Waals surface area contributed by atoms with E-state index in [-0.39, 0.29) is 11.2 Å². The molecule has 2 heterocycles. The molecule has 0 spiro atoms. The first-order valence-corrected chi connectivity index (χ1v) is 6.77. The van der Waals surface area contributed by atoms with E-state index in [1.165, 1.54) is 11.8 Å². The third kappa shape index (κ3) is 3.54. The molecule has 100 valence electrons. The van der Waals surface area contributed by atoms with Crippen molar-refractivity contribution < 1.29 is 9.21 Å². The monoisotopic (exact) mass is 278 g/mol. The van der Waals surface area contributed by atoms with Crippen LogP contribution in [0.1, 0.15) is 13.8 Å². The number of hydrogen-bond acceptors (Lipinski definition) is 6. The van der Waals surface area contributed by atoms with Crippen molar-refractivity contribution in [1.82, 2.24) is 20.5 Å². The zero-order valence-electron chi connectivity index (χ0n) is 10.7. The number of pyridine rings is 1. The number of nitrogens with one attached hydrogen (secondary N) is 1.